The van der Waals surface area contributed by atoms with Crippen LogP contribution in [0.3, 0.4) is 0 Å². The van der Waals surface area contributed by atoms with Crippen LogP contribution in [0, 0.1) is 5.92 Å². The standard InChI is InChI=1S/C13H24O4S/c1-15-5-6-16-9-12(14)11-2-4-17-13(8-11)3-7-18-10-13/h11-12,14H,2-10H2,1H3. The summed E-state index contributed by atoms with van der Waals surface area (Å²) in [6.45, 7) is 2.33. The minimum atomic E-state index is -0.367. The highest BCUT2D eigenvalue weighted by molar-refractivity contribution is 7.99. The minimum absolute atomic E-state index is 0.0428. The Morgan fingerprint density at radius 2 is 2.39 bits per heavy atom. The van der Waals surface area contributed by atoms with Crippen LogP contribution < -0.4 is 0 Å². The summed E-state index contributed by atoms with van der Waals surface area (Å²) in [5, 5.41) is 10.2. The summed E-state index contributed by atoms with van der Waals surface area (Å²) in [4.78, 5) is 0. The Labute approximate surface area is 113 Å². The smallest absolute Gasteiger partial charge is 0.0803 e. The lowest BCUT2D eigenvalue weighted by Crippen LogP contribution is -2.44. The van der Waals surface area contributed by atoms with Crippen LogP contribution in [0.1, 0.15) is 19.3 Å². The monoisotopic (exact) mass is 276 g/mol. The average Bonchev–Trinajstić information content (AvgIpc) is 2.82. The molecule has 2 rings (SSSR count). The second kappa shape index (κ2) is 7.10. The van der Waals surface area contributed by atoms with E-state index < -0.39 is 0 Å². The van der Waals surface area contributed by atoms with Crippen LogP contribution in [0.5, 0.6) is 0 Å². The van der Waals surface area contributed by atoms with Gasteiger partial charge in [-0.05, 0) is 30.9 Å². The predicted octanol–water partition coefficient (Wildman–Crippen LogP) is 1.31. The molecule has 4 nitrogen and oxygen atoms in total. The van der Waals surface area contributed by atoms with E-state index in [1.54, 1.807) is 7.11 Å². The van der Waals surface area contributed by atoms with E-state index >= 15 is 0 Å². The Bertz CT molecular complexity index is 243. The van der Waals surface area contributed by atoms with Gasteiger partial charge in [-0.25, -0.2) is 0 Å². The lowest BCUT2D eigenvalue weighted by atomic mass is 9.82. The number of ether oxygens (including phenoxy) is 3. The third-order valence-corrected chi connectivity index (χ3v) is 5.09. The van der Waals surface area contributed by atoms with Crippen LogP contribution in [0.15, 0.2) is 0 Å². The van der Waals surface area contributed by atoms with E-state index in [0.717, 1.165) is 31.6 Å². The van der Waals surface area contributed by atoms with E-state index in [1.807, 2.05) is 11.8 Å². The van der Waals surface area contributed by atoms with Crippen molar-refractivity contribution in [1.29, 1.82) is 0 Å². The van der Waals surface area contributed by atoms with Gasteiger partial charge in [0.2, 0.25) is 0 Å². The molecule has 0 radical (unpaired) electrons. The highest BCUT2D eigenvalue weighted by Crippen LogP contribution is 2.41. The van der Waals surface area contributed by atoms with Crippen molar-refractivity contribution >= 4 is 11.8 Å². The van der Waals surface area contributed by atoms with Crippen LogP contribution in [0.2, 0.25) is 0 Å². The van der Waals surface area contributed by atoms with Gasteiger partial charge < -0.3 is 19.3 Å². The van der Waals surface area contributed by atoms with E-state index in [9.17, 15) is 5.11 Å². The molecule has 0 saturated carbocycles. The summed E-state index contributed by atoms with van der Waals surface area (Å²) < 4.78 is 16.3. The van der Waals surface area contributed by atoms with E-state index in [0.29, 0.717) is 25.7 Å². The number of aliphatic hydroxyl groups excluding tert-OH is 1. The van der Waals surface area contributed by atoms with E-state index in [4.69, 9.17) is 14.2 Å². The first-order valence-electron chi connectivity index (χ1n) is 6.72. The average molecular weight is 276 g/mol. The number of rotatable bonds is 6. The SMILES string of the molecule is COCCOCC(O)C1CCOC2(CCSC2)C1. The molecule has 3 atom stereocenters. The summed E-state index contributed by atoms with van der Waals surface area (Å²) in [6, 6.07) is 0. The maximum absolute atomic E-state index is 10.2. The van der Waals surface area contributed by atoms with Gasteiger partial charge in [-0.15, -0.1) is 0 Å². The number of thioether (sulfide) groups is 1. The first-order chi connectivity index (χ1) is 8.76. The zero-order chi connectivity index (χ0) is 12.8. The number of hydrogen-bond donors (Lipinski definition) is 1. The van der Waals surface area contributed by atoms with Crippen molar-refractivity contribution in [2.24, 2.45) is 5.92 Å². The van der Waals surface area contributed by atoms with E-state index in [-0.39, 0.29) is 11.7 Å². The maximum atomic E-state index is 10.2. The molecule has 1 N–H and O–H groups in total. The van der Waals surface area contributed by atoms with Crippen molar-refractivity contribution < 1.29 is 19.3 Å². The number of aliphatic hydroxyl groups is 1. The molecule has 2 aliphatic rings. The van der Waals surface area contributed by atoms with Crippen LogP contribution in [0.4, 0.5) is 0 Å². The van der Waals surface area contributed by atoms with Gasteiger partial charge in [0, 0.05) is 19.5 Å². The van der Waals surface area contributed by atoms with Gasteiger partial charge in [-0.3, -0.25) is 0 Å². The molecule has 106 valence electrons. The molecule has 3 unspecified atom stereocenters. The molecule has 0 aliphatic carbocycles. The molecule has 0 bridgehead atoms. The van der Waals surface area contributed by atoms with Gasteiger partial charge in [0.15, 0.2) is 0 Å². The minimum Gasteiger partial charge on any atom is -0.390 e. The number of methoxy groups -OCH3 is 1. The van der Waals surface area contributed by atoms with Crippen molar-refractivity contribution in [3.05, 3.63) is 0 Å². The summed E-state index contributed by atoms with van der Waals surface area (Å²) in [7, 11) is 1.65. The third-order valence-electron chi connectivity index (χ3n) is 3.86. The fraction of sp³-hybridized carbons (Fsp3) is 1.00. The van der Waals surface area contributed by atoms with Gasteiger partial charge in [0.1, 0.15) is 0 Å². The number of hydrogen-bond acceptors (Lipinski definition) is 5. The summed E-state index contributed by atoms with van der Waals surface area (Å²) in [5.74, 6) is 2.59. The predicted molar refractivity (Wildman–Crippen MR) is 72.1 cm³/mol. The van der Waals surface area contributed by atoms with Crippen molar-refractivity contribution in [3.63, 3.8) is 0 Å². The maximum Gasteiger partial charge on any atom is 0.0803 e. The molecule has 2 fully saturated rings. The second-order valence-electron chi connectivity index (χ2n) is 5.22. The Morgan fingerprint density at radius 1 is 1.50 bits per heavy atom. The van der Waals surface area contributed by atoms with E-state index in [1.165, 1.54) is 5.75 Å². The lowest BCUT2D eigenvalue weighted by Gasteiger charge is -2.39. The van der Waals surface area contributed by atoms with Gasteiger partial charge in [0.25, 0.3) is 0 Å². The van der Waals surface area contributed by atoms with Crippen molar-refractivity contribution in [3.8, 4) is 0 Å². The summed E-state index contributed by atoms with van der Waals surface area (Å²) >= 11 is 1.96. The van der Waals surface area contributed by atoms with Gasteiger partial charge >= 0.3 is 0 Å². The van der Waals surface area contributed by atoms with Crippen molar-refractivity contribution in [1.82, 2.24) is 0 Å². The zero-order valence-electron chi connectivity index (χ0n) is 11.1. The summed E-state index contributed by atoms with van der Waals surface area (Å²) in [6.07, 6.45) is 2.69. The quantitative estimate of drug-likeness (QED) is 0.741. The first-order valence-corrected chi connectivity index (χ1v) is 7.88. The Hall–Kier alpha value is 0.190. The van der Waals surface area contributed by atoms with Gasteiger partial charge in [-0.1, -0.05) is 0 Å². The van der Waals surface area contributed by atoms with Crippen molar-refractivity contribution in [2.45, 2.75) is 31.0 Å². The second-order valence-corrected chi connectivity index (χ2v) is 6.33. The molecule has 0 aromatic heterocycles. The normalized spacial score (nSPS) is 34.0. The summed E-state index contributed by atoms with van der Waals surface area (Å²) in [5.41, 5.74) is 0.0428. The highest BCUT2D eigenvalue weighted by atomic mass is 32.2. The fourth-order valence-electron chi connectivity index (χ4n) is 2.74. The zero-order valence-corrected chi connectivity index (χ0v) is 11.9. The van der Waals surface area contributed by atoms with Crippen LogP contribution in [-0.2, 0) is 14.2 Å². The topological polar surface area (TPSA) is 47.9 Å². The van der Waals surface area contributed by atoms with E-state index in [2.05, 4.69) is 0 Å². The molecular weight excluding hydrogens is 252 g/mol. The Balaban J connectivity index is 1.74. The van der Waals surface area contributed by atoms with Crippen LogP contribution in [0.25, 0.3) is 0 Å². The fourth-order valence-corrected chi connectivity index (χ4v) is 4.12. The first kappa shape index (κ1) is 14.6. The molecule has 2 heterocycles. The largest absolute Gasteiger partial charge is 0.390 e. The molecule has 0 aromatic carbocycles. The molecule has 1 spiro atoms. The lowest BCUT2D eigenvalue weighted by molar-refractivity contribution is -0.112. The molecule has 5 heteroatoms. The van der Waals surface area contributed by atoms with Gasteiger partial charge in [-0.2, -0.15) is 11.8 Å². The van der Waals surface area contributed by atoms with Crippen LogP contribution >= 0.6 is 11.8 Å². The highest BCUT2D eigenvalue weighted by Gasteiger charge is 2.42. The molecule has 2 aliphatic heterocycles. The van der Waals surface area contributed by atoms with Crippen LogP contribution in [-0.4, -0.2) is 61.9 Å². The molecule has 0 aromatic rings. The molecule has 2 saturated heterocycles. The Kier molecular flexibility index (Phi) is 5.76. The van der Waals surface area contributed by atoms with Crippen molar-refractivity contribution in [2.75, 3.05) is 45.0 Å². The molecule has 0 amide bonds. The third kappa shape index (κ3) is 3.84. The molecule has 18 heavy (non-hydrogen) atoms. The van der Waals surface area contributed by atoms with Gasteiger partial charge in [0.05, 0.1) is 31.5 Å². The molecular formula is C13H24O4S. The Morgan fingerprint density at radius 3 is 3.11 bits per heavy atom.